The van der Waals surface area contributed by atoms with Crippen molar-refractivity contribution in [1.82, 2.24) is 4.31 Å². The number of esters is 2. The molecular weight excluding hydrogens is 618 g/mol. The molecule has 0 aromatic heterocycles. The molecule has 1 N–H and O–H groups in total. The molecule has 1 fully saturated rings. The summed E-state index contributed by atoms with van der Waals surface area (Å²) in [6, 6.07) is 16.6. The van der Waals surface area contributed by atoms with Crippen LogP contribution in [0.1, 0.15) is 84.8 Å². The smallest absolute Gasteiger partial charge is 0.309 e. The van der Waals surface area contributed by atoms with Gasteiger partial charge in [-0.1, -0.05) is 63.2 Å². The second-order valence-electron chi connectivity index (χ2n) is 14.2. The summed E-state index contributed by atoms with van der Waals surface area (Å²) >= 11 is 0. The molecule has 1 heterocycles. The van der Waals surface area contributed by atoms with Gasteiger partial charge in [0.1, 0.15) is 11.7 Å². The van der Waals surface area contributed by atoms with E-state index >= 15 is 0 Å². The average Bonchev–Trinajstić information content (AvgIpc) is 3.51. The maximum atomic E-state index is 13.9. The highest BCUT2D eigenvalue weighted by Crippen LogP contribution is 2.25. The number of carbonyl (C=O) groups is 2. The molecule has 0 bridgehead atoms. The van der Waals surface area contributed by atoms with Crippen LogP contribution in [0, 0.1) is 17.8 Å². The summed E-state index contributed by atoms with van der Waals surface area (Å²) in [5, 5.41) is 11.6. The zero-order chi connectivity index (χ0) is 34.6. The normalized spacial score (nSPS) is 17.4. The Morgan fingerprint density at radius 2 is 1.66 bits per heavy atom. The van der Waals surface area contributed by atoms with E-state index in [2.05, 4.69) is 0 Å². The third-order valence-corrected chi connectivity index (χ3v) is 10.1. The lowest BCUT2D eigenvalue weighted by atomic mass is 9.89. The first kappa shape index (κ1) is 38.7. The molecule has 4 atom stereocenters. The lowest BCUT2D eigenvalue weighted by Gasteiger charge is -2.30. The van der Waals surface area contributed by atoms with Gasteiger partial charge in [-0.2, -0.15) is 4.31 Å². The van der Waals surface area contributed by atoms with Gasteiger partial charge < -0.3 is 19.3 Å². The molecule has 0 saturated carbocycles. The fourth-order valence-electron chi connectivity index (χ4n) is 5.62. The van der Waals surface area contributed by atoms with E-state index in [0.29, 0.717) is 51.7 Å². The Balaban J connectivity index is 1.68. The fraction of sp³-hybridized carbons (Fsp3) is 0.622. The van der Waals surface area contributed by atoms with Crippen LogP contribution in [-0.4, -0.2) is 73.9 Å². The second-order valence-corrected chi connectivity index (χ2v) is 16.2. The molecule has 0 amide bonds. The predicted octanol–water partition coefficient (Wildman–Crippen LogP) is 5.97. The van der Waals surface area contributed by atoms with Crippen LogP contribution in [0.25, 0.3) is 0 Å². The number of sulfonamides is 1. The monoisotopic (exact) mass is 673 g/mol. The number of aryl methyl sites for hydroxylation is 1. The number of hydrogen-bond acceptors (Lipinski definition) is 8. The Kier molecular flexibility index (Phi) is 14.9. The van der Waals surface area contributed by atoms with Crippen molar-refractivity contribution in [2.45, 2.75) is 109 Å². The molecule has 262 valence electrons. The van der Waals surface area contributed by atoms with Gasteiger partial charge in [0.25, 0.3) is 0 Å². The van der Waals surface area contributed by atoms with Gasteiger partial charge in [0.15, 0.2) is 0 Å². The molecule has 47 heavy (non-hydrogen) atoms. The van der Waals surface area contributed by atoms with Gasteiger partial charge in [-0.25, -0.2) is 8.42 Å². The van der Waals surface area contributed by atoms with Crippen LogP contribution < -0.4 is 0 Å². The number of aliphatic hydroxyl groups excluding tert-OH is 1. The van der Waals surface area contributed by atoms with Crippen molar-refractivity contribution in [2.24, 2.45) is 17.8 Å². The van der Waals surface area contributed by atoms with E-state index in [-0.39, 0.29) is 60.2 Å². The van der Waals surface area contributed by atoms with E-state index < -0.39 is 21.7 Å². The van der Waals surface area contributed by atoms with Gasteiger partial charge >= 0.3 is 11.9 Å². The average molecular weight is 674 g/mol. The van der Waals surface area contributed by atoms with Gasteiger partial charge in [-0.15, -0.1) is 0 Å². The molecule has 1 aliphatic heterocycles. The van der Waals surface area contributed by atoms with Crippen molar-refractivity contribution in [2.75, 3.05) is 26.3 Å². The zero-order valence-electron chi connectivity index (χ0n) is 29.0. The summed E-state index contributed by atoms with van der Waals surface area (Å²) in [7, 11) is -3.91. The highest BCUT2D eigenvalue weighted by molar-refractivity contribution is 7.89. The minimum absolute atomic E-state index is 0.0347. The minimum atomic E-state index is -3.91. The van der Waals surface area contributed by atoms with E-state index in [9.17, 15) is 23.1 Å². The van der Waals surface area contributed by atoms with Crippen LogP contribution in [0.2, 0.25) is 0 Å². The maximum Gasteiger partial charge on any atom is 0.309 e. The number of aliphatic hydroxyl groups is 1. The summed E-state index contributed by atoms with van der Waals surface area (Å²) in [4.78, 5) is 25.0. The maximum absolute atomic E-state index is 13.9. The number of benzene rings is 2. The van der Waals surface area contributed by atoms with Crippen molar-refractivity contribution >= 4 is 22.0 Å². The molecule has 0 radical (unpaired) electrons. The molecule has 1 aliphatic rings. The van der Waals surface area contributed by atoms with Crippen LogP contribution in [-0.2, 0) is 46.7 Å². The largest absolute Gasteiger partial charge is 0.460 e. The van der Waals surface area contributed by atoms with E-state index in [1.54, 1.807) is 24.3 Å². The van der Waals surface area contributed by atoms with Crippen LogP contribution in [0.15, 0.2) is 59.5 Å². The molecule has 0 spiro atoms. The molecule has 3 rings (SSSR count). The van der Waals surface area contributed by atoms with Gasteiger partial charge in [0.2, 0.25) is 10.0 Å². The number of hydrogen-bond donors (Lipinski definition) is 1. The van der Waals surface area contributed by atoms with E-state index in [4.69, 9.17) is 14.2 Å². The summed E-state index contributed by atoms with van der Waals surface area (Å²) in [5.41, 5.74) is 1.42. The second kappa shape index (κ2) is 18.1. The highest BCUT2D eigenvalue weighted by Gasteiger charge is 2.31. The van der Waals surface area contributed by atoms with E-state index in [1.807, 2.05) is 71.9 Å². The Hall–Kier alpha value is -2.79. The Morgan fingerprint density at radius 1 is 0.979 bits per heavy atom. The molecular formula is C37H55NO8S. The molecule has 1 saturated heterocycles. The topological polar surface area (TPSA) is 119 Å². The molecule has 9 nitrogen and oxygen atoms in total. The lowest BCUT2D eigenvalue weighted by molar-refractivity contribution is -0.159. The van der Waals surface area contributed by atoms with Gasteiger partial charge in [0.05, 0.1) is 30.1 Å². The molecule has 2 aromatic carbocycles. The molecule has 4 unspecified atom stereocenters. The highest BCUT2D eigenvalue weighted by atomic mass is 32.2. The summed E-state index contributed by atoms with van der Waals surface area (Å²) in [5.74, 6) is -1.03. The third kappa shape index (κ3) is 13.3. The standard InChI is InChI=1S/C37H55NO8S/c1-27(2)24-38(47(42,43)33-19-17-29(18-20-33)16-15-28(3)36(41)46-37(4,5)6)25-34(39)31(23-30-11-8-7-9-12-30)13-10-14-35(40)45-32-21-22-44-26-32/h7-9,11-12,17-20,27-28,31-32,34,39H,10,13-16,21-26H2,1-6H3. The van der Waals surface area contributed by atoms with Crippen molar-refractivity contribution in [3.05, 3.63) is 65.7 Å². The summed E-state index contributed by atoms with van der Waals surface area (Å²) in [6.45, 7) is 12.5. The quantitative estimate of drug-likeness (QED) is 0.193. The Labute approximate surface area is 282 Å². The fourth-order valence-corrected chi connectivity index (χ4v) is 7.24. The predicted molar refractivity (Wildman–Crippen MR) is 182 cm³/mol. The first-order valence-corrected chi connectivity index (χ1v) is 18.4. The van der Waals surface area contributed by atoms with E-state index in [1.165, 1.54) is 4.31 Å². The Morgan fingerprint density at radius 3 is 2.26 bits per heavy atom. The number of nitrogens with zero attached hydrogens (tertiary/aromatic N) is 1. The summed E-state index contributed by atoms with van der Waals surface area (Å²) < 4.78 is 45.5. The first-order valence-electron chi connectivity index (χ1n) is 16.9. The van der Waals surface area contributed by atoms with Gasteiger partial charge in [0, 0.05) is 25.9 Å². The van der Waals surface area contributed by atoms with Gasteiger partial charge in [-0.05, 0) is 88.0 Å². The third-order valence-electron chi connectivity index (χ3n) is 8.22. The van der Waals surface area contributed by atoms with Crippen molar-refractivity contribution in [1.29, 1.82) is 0 Å². The Bertz CT molecular complexity index is 1350. The van der Waals surface area contributed by atoms with Crippen molar-refractivity contribution < 1.29 is 37.3 Å². The summed E-state index contributed by atoms with van der Waals surface area (Å²) in [6.07, 6.45) is 2.60. The first-order chi connectivity index (χ1) is 22.1. The minimum Gasteiger partial charge on any atom is -0.460 e. The van der Waals surface area contributed by atoms with Crippen molar-refractivity contribution in [3.8, 4) is 0 Å². The van der Waals surface area contributed by atoms with Crippen LogP contribution >= 0.6 is 0 Å². The number of carbonyl (C=O) groups excluding carboxylic acids is 2. The SMILES string of the molecule is CC(C)CN(CC(O)C(CCCC(=O)OC1CCOC1)Cc1ccccc1)S(=O)(=O)c1ccc(CCC(C)C(=O)OC(C)(C)C)cc1. The van der Waals surface area contributed by atoms with Crippen molar-refractivity contribution in [3.63, 3.8) is 0 Å². The molecule has 0 aliphatic carbocycles. The molecule has 10 heteroatoms. The van der Waals surface area contributed by atoms with Gasteiger partial charge in [-0.3, -0.25) is 9.59 Å². The van der Waals surface area contributed by atoms with Crippen LogP contribution in [0.3, 0.4) is 0 Å². The molecule has 2 aromatic rings. The number of rotatable bonds is 18. The van der Waals surface area contributed by atoms with Crippen LogP contribution in [0.5, 0.6) is 0 Å². The number of ether oxygens (including phenoxy) is 3. The lowest BCUT2D eigenvalue weighted by Crippen LogP contribution is -2.42. The van der Waals surface area contributed by atoms with Crippen LogP contribution in [0.4, 0.5) is 0 Å². The van der Waals surface area contributed by atoms with E-state index in [0.717, 1.165) is 11.1 Å². The zero-order valence-corrected chi connectivity index (χ0v) is 29.8.